The van der Waals surface area contributed by atoms with Gasteiger partial charge in [0.1, 0.15) is 13.3 Å². The number of aromatic nitrogens is 1. The van der Waals surface area contributed by atoms with Crippen molar-refractivity contribution in [3.05, 3.63) is 52.9 Å². The summed E-state index contributed by atoms with van der Waals surface area (Å²) in [6.45, 7) is 1.43. The maximum Gasteiger partial charge on any atom is 0.273 e. The zero-order valence-corrected chi connectivity index (χ0v) is 13.9. The molecular formula is C18H21FN2O4. The first-order chi connectivity index (χ1) is 12.3. The first-order valence-corrected chi connectivity index (χ1v) is 8.29. The Morgan fingerprint density at radius 1 is 1.32 bits per heavy atom. The zero-order chi connectivity index (χ0) is 17.5. The fourth-order valence-corrected chi connectivity index (χ4v) is 2.67. The van der Waals surface area contributed by atoms with E-state index in [4.69, 9.17) is 14.0 Å². The quantitative estimate of drug-likeness (QED) is 0.794. The first kappa shape index (κ1) is 17.6. The third kappa shape index (κ3) is 4.64. The average Bonchev–Trinajstić information content (AvgIpc) is 3.30. The highest BCUT2D eigenvalue weighted by Gasteiger charge is 2.23. The predicted octanol–water partition coefficient (Wildman–Crippen LogP) is 2.63. The standard InChI is InChI=1S/C18H21FN2O4/c19-8-15-16(12-24-10-13-4-2-1-3-5-13)25-21-17(15)18(22)20-9-14-6-7-23-11-14/h1-5,14H,6-12H2,(H,20,22). The van der Waals surface area contributed by atoms with Crippen LogP contribution in [-0.4, -0.2) is 30.8 Å². The Kier molecular flexibility index (Phi) is 6.14. The monoisotopic (exact) mass is 348 g/mol. The second kappa shape index (κ2) is 8.73. The molecule has 2 aromatic rings. The van der Waals surface area contributed by atoms with Crippen LogP contribution in [0, 0.1) is 5.92 Å². The third-order valence-electron chi connectivity index (χ3n) is 4.14. The molecule has 7 heteroatoms. The van der Waals surface area contributed by atoms with E-state index in [2.05, 4.69) is 10.5 Å². The number of hydrogen-bond acceptors (Lipinski definition) is 5. The van der Waals surface area contributed by atoms with Gasteiger partial charge in [0, 0.05) is 19.1 Å². The fraction of sp³-hybridized carbons (Fsp3) is 0.444. The number of nitrogens with zero attached hydrogens (tertiary/aromatic N) is 1. The molecule has 1 unspecified atom stereocenters. The van der Waals surface area contributed by atoms with Crippen LogP contribution < -0.4 is 5.32 Å². The molecular weight excluding hydrogens is 327 g/mol. The molecule has 3 rings (SSSR count). The van der Waals surface area contributed by atoms with Gasteiger partial charge in [0.2, 0.25) is 0 Å². The molecule has 2 heterocycles. The van der Waals surface area contributed by atoms with Crippen LogP contribution in [0.5, 0.6) is 0 Å². The van der Waals surface area contributed by atoms with Gasteiger partial charge in [-0.15, -0.1) is 0 Å². The van der Waals surface area contributed by atoms with E-state index in [0.717, 1.165) is 12.0 Å². The Balaban J connectivity index is 1.55. The summed E-state index contributed by atoms with van der Waals surface area (Å²) in [5, 5.41) is 6.48. The van der Waals surface area contributed by atoms with Crippen LogP contribution in [0.3, 0.4) is 0 Å². The van der Waals surface area contributed by atoms with E-state index in [9.17, 15) is 9.18 Å². The van der Waals surface area contributed by atoms with Gasteiger partial charge in [-0.05, 0) is 12.0 Å². The zero-order valence-electron chi connectivity index (χ0n) is 13.9. The van der Waals surface area contributed by atoms with E-state index in [1.807, 2.05) is 30.3 Å². The molecule has 1 atom stereocenters. The van der Waals surface area contributed by atoms with Crippen molar-refractivity contribution in [2.45, 2.75) is 26.3 Å². The van der Waals surface area contributed by atoms with Crippen LogP contribution in [-0.2, 0) is 29.4 Å². The second-order valence-corrected chi connectivity index (χ2v) is 5.98. The molecule has 0 radical (unpaired) electrons. The van der Waals surface area contributed by atoms with Crippen molar-refractivity contribution in [3.63, 3.8) is 0 Å². The van der Waals surface area contributed by atoms with Crippen molar-refractivity contribution in [1.29, 1.82) is 0 Å². The van der Waals surface area contributed by atoms with E-state index >= 15 is 0 Å². The number of amides is 1. The summed E-state index contributed by atoms with van der Waals surface area (Å²) in [7, 11) is 0. The van der Waals surface area contributed by atoms with E-state index < -0.39 is 12.6 Å². The van der Waals surface area contributed by atoms with Crippen molar-refractivity contribution in [3.8, 4) is 0 Å². The summed E-state index contributed by atoms with van der Waals surface area (Å²) >= 11 is 0. The summed E-state index contributed by atoms with van der Waals surface area (Å²) < 4.78 is 29.3. The number of halogens is 1. The molecule has 0 saturated carbocycles. The van der Waals surface area contributed by atoms with Crippen molar-refractivity contribution in [2.75, 3.05) is 19.8 Å². The maximum atomic E-state index is 13.4. The number of alkyl halides is 1. The van der Waals surface area contributed by atoms with Crippen LogP contribution in [0.4, 0.5) is 4.39 Å². The highest BCUT2D eigenvalue weighted by Crippen LogP contribution is 2.18. The normalized spacial score (nSPS) is 16.9. The number of nitrogens with one attached hydrogen (secondary N) is 1. The molecule has 25 heavy (non-hydrogen) atoms. The molecule has 1 amide bonds. The van der Waals surface area contributed by atoms with Gasteiger partial charge in [0.05, 0.1) is 18.8 Å². The van der Waals surface area contributed by atoms with Gasteiger partial charge in [-0.1, -0.05) is 35.5 Å². The molecule has 1 aromatic carbocycles. The number of ether oxygens (including phenoxy) is 2. The lowest BCUT2D eigenvalue weighted by atomic mass is 10.1. The summed E-state index contributed by atoms with van der Waals surface area (Å²) in [5.74, 6) is 0.101. The Hall–Kier alpha value is -2.25. The second-order valence-electron chi connectivity index (χ2n) is 5.98. The smallest absolute Gasteiger partial charge is 0.273 e. The maximum absolute atomic E-state index is 13.4. The highest BCUT2D eigenvalue weighted by atomic mass is 19.1. The van der Waals surface area contributed by atoms with Crippen molar-refractivity contribution >= 4 is 5.91 Å². The summed E-state index contributed by atoms with van der Waals surface area (Å²) in [4.78, 5) is 12.2. The van der Waals surface area contributed by atoms with Crippen molar-refractivity contribution in [2.24, 2.45) is 5.92 Å². The fourth-order valence-electron chi connectivity index (χ4n) is 2.67. The summed E-state index contributed by atoms with van der Waals surface area (Å²) in [6, 6.07) is 9.61. The van der Waals surface area contributed by atoms with Gasteiger partial charge in [-0.2, -0.15) is 0 Å². The van der Waals surface area contributed by atoms with E-state index in [1.165, 1.54) is 0 Å². The minimum Gasteiger partial charge on any atom is -0.381 e. The van der Waals surface area contributed by atoms with Crippen molar-refractivity contribution in [1.82, 2.24) is 10.5 Å². The highest BCUT2D eigenvalue weighted by molar-refractivity contribution is 5.93. The van der Waals surface area contributed by atoms with Crippen LogP contribution in [0.15, 0.2) is 34.9 Å². The molecule has 1 fully saturated rings. The predicted molar refractivity (Wildman–Crippen MR) is 87.5 cm³/mol. The number of carbonyl (C=O) groups excluding carboxylic acids is 1. The first-order valence-electron chi connectivity index (χ1n) is 8.29. The Morgan fingerprint density at radius 2 is 2.16 bits per heavy atom. The molecule has 1 aliphatic heterocycles. The number of hydrogen-bond donors (Lipinski definition) is 1. The van der Waals surface area contributed by atoms with Crippen LogP contribution in [0.2, 0.25) is 0 Å². The third-order valence-corrected chi connectivity index (χ3v) is 4.14. The van der Waals surface area contributed by atoms with Gasteiger partial charge in [-0.3, -0.25) is 4.79 Å². The number of rotatable bonds is 8. The molecule has 1 aromatic heterocycles. The number of carbonyl (C=O) groups is 1. The molecule has 0 bridgehead atoms. The van der Waals surface area contributed by atoms with Crippen LogP contribution >= 0.6 is 0 Å². The minimum absolute atomic E-state index is 0.0141. The molecule has 0 spiro atoms. The molecule has 1 saturated heterocycles. The minimum atomic E-state index is -0.831. The Bertz CT molecular complexity index is 684. The van der Waals surface area contributed by atoms with E-state index in [0.29, 0.717) is 32.3 Å². The lowest BCUT2D eigenvalue weighted by Crippen LogP contribution is -2.30. The van der Waals surface area contributed by atoms with Crippen molar-refractivity contribution < 1.29 is 23.2 Å². The topological polar surface area (TPSA) is 73.6 Å². The molecule has 6 nitrogen and oxygen atoms in total. The molecule has 0 aliphatic carbocycles. The lowest BCUT2D eigenvalue weighted by molar-refractivity contribution is 0.0868. The van der Waals surface area contributed by atoms with Crippen LogP contribution in [0.25, 0.3) is 0 Å². The molecule has 1 N–H and O–H groups in total. The van der Waals surface area contributed by atoms with Gasteiger partial charge < -0.3 is 19.3 Å². The van der Waals surface area contributed by atoms with Gasteiger partial charge in [-0.25, -0.2) is 4.39 Å². The van der Waals surface area contributed by atoms with Gasteiger partial charge in [0.25, 0.3) is 5.91 Å². The Labute approximate surface area is 145 Å². The Morgan fingerprint density at radius 3 is 2.88 bits per heavy atom. The summed E-state index contributed by atoms with van der Waals surface area (Å²) in [5.41, 5.74) is 1.13. The average molecular weight is 348 g/mol. The number of benzene rings is 1. The molecule has 1 aliphatic rings. The van der Waals surface area contributed by atoms with Crippen LogP contribution in [0.1, 0.15) is 33.8 Å². The van der Waals surface area contributed by atoms with E-state index in [-0.39, 0.29) is 23.6 Å². The largest absolute Gasteiger partial charge is 0.381 e. The SMILES string of the molecule is O=C(NCC1CCOC1)c1noc(COCc2ccccc2)c1CF. The molecule has 134 valence electrons. The lowest BCUT2D eigenvalue weighted by Gasteiger charge is -2.08. The van der Waals surface area contributed by atoms with Gasteiger partial charge in [0.15, 0.2) is 11.5 Å². The van der Waals surface area contributed by atoms with E-state index in [1.54, 1.807) is 0 Å². The summed E-state index contributed by atoms with van der Waals surface area (Å²) in [6.07, 6.45) is 0.910. The van der Waals surface area contributed by atoms with Gasteiger partial charge >= 0.3 is 0 Å².